The molecule has 29 heavy (non-hydrogen) atoms. The Morgan fingerprint density at radius 2 is 1.79 bits per heavy atom. The predicted molar refractivity (Wildman–Crippen MR) is 119 cm³/mol. The zero-order chi connectivity index (χ0) is 20.6. The highest BCUT2D eigenvalue weighted by atomic mass is 32.1. The number of hydrogen-bond donors (Lipinski definition) is 0. The van der Waals surface area contributed by atoms with Crippen LogP contribution in [0, 0.1) is 6.92 Å². The lowest BCUT2D eigenvalue weighted by Crippen LogP contribution is -2.41. The topological polar surface area (TPSA) is 42.4 Å². The standard InChI is InChI=1S/C24H28N2O2S/c1-16-6-5-7-20-21(16)25-23(29-20)28-19-12-14-26(15-13-19)22(27)17-8-10-18(11-9-17)24(2,3)4/h5-11,19H,12-15H2,1-4H3. The summed E-state index contributed by atoms with van der Waals surface area (Å²) in [7, 11) is 0. The quantitative estimate of drug-likeness (QED) is 0.568. The van der Waals surface area contributed by atoms with Gasteiger partial charge >= 0.3 is 0 Å². The first-order valence-electron chi connectivity index (χ1n) is 10.2. The van der Waals surface area contributed by atoms with E-state index in [0.29, 0.717) is 13.1 Å². The number of aryl methyl sites for hydroxylation is 1. The van der Waals surface area contributed by atoms with Crippen molar-refractivity contribution in [1.82, 2.24) is 9.88 Å². The van der Waals surface area contributed by atoms with Crippen molar-refractivity contribution in [1.29, 1.82) is 0 Å². The Morgan fingerprint density at radius 3 is 2.41 bits per heavy atom. The van der Waals surface area contributed by atoms with Crippen molar-refractivity contribution in [3.63, 3.8) is 0 Å². The zero-order valence-corrected chi connectivity index (χ0v) is 18.4. The maximum absolute atomic E-state index is 12.9. The Kier molecular flexibility index (Phi) is 5.34. The molecule has 1 aromatic heterocycles. The second kappa shape index (κ2) is 7.79. The molecule has 0 aliphatic carbocycles. The van der Waals surface area contributed by atoms with Crippen LogP contribution in [0.25, 0.3) is 10.2 Å². The molecule has 0 bridgehead atoms. The normalized spacial score (nSPS) is 15.7. The summed E-state index contributed by atoms with van der Waals surface area (Å²) in [4.78, 5) is 19.4. The van der Waals surface area contributed by atoms with Crippen molar-refractivity contribution in [2.75, 3.05) is 13.1 Å². The highest BCUT2D eigenvalue weighted by Gasteiger charge is 2.26. The fraction of sp³-hybridized carbons (Fsp3) is 0.417. The van der Waals surface area contributed by atoms with Gasteiger partial charge in [-0.1, -0.05) is 56.4 Å². The molecule has 0 spiro atoms. The largest absolute Gasteiger partial charge is 0.467 e. The van der Waals surface area contributed by atoms with Gasteiger partial charge in [-0.15, -0.1) is 0 Å². The van der Waals surface area contributed by atoms with Gasteiger partial charge in [-0.25, -0.2) is 4.98 Å². The van der Waals surface area contributed by atoms with Crippen LogP contribution in [0.4, 0.5) is 0 Å². The van der Waals surface area contributed by atoms with Gasteiger partial charge in [0, 0.05) is 31.5 Å². The summed E-state index contributed by atoms with van der Waals surface area (Å²) in [6, 6.07) is 14.3. The summed E-state index contributed by atoms with van der Waals surface area (Å²) < 4.78 is 7.31. The van der Waals surface area contributed by atoms with Crippen LogP contribution in [-0.4, -0.2) is 35.0 Å². The van der Waals surface area contributed by atoms with Crippen LogP contribution < -0.4 is 4.74 Å². The van der Waals surface area contributed by atoms with Crippen molar-refractivity contribution in [2.45, 2.75) is 52.1 Å². The van der Waals surface area contributed by atoms with E-state index >= 15 is 0 Å². The van der Waals surface area contributed by atoms with E-state index in [0.717, 1.165) is 33.8 Å². The molecule has 3 aromatic rings. The van der Waals surface area contributed by atoms with E-state index in [-0.39, 0.29) is 17.4 Å². The smallest absolute Gasteiger partial charge is 0.274 e. The molecule has 0 unspecified atom stereocenters. The molecule has 2 aromatic carbocycles. The summed E-state index contributed by atoms with van der Waals surface area (Å²) in [6.45, 7) is 10.1. The van der Waals surface area contributed by atoms with Gasteiger partial charge in [0.25, 0.3) is 11.1 Å². The molecule has 152 valence electrons. The summed E-state index contributed by atoms with van der Waals surface area (Å²) in [5, 5.41) is 0.733. The number of thiazole rings is 1. The molecule has 1 fully saturated rings. The average molecular weight is 409 g/mol. The monoisotopic (exact) mass is 408 g/mol. The van der Waals surface area contributed by atoms with Crippen LogP contribution in [0.1, 0.15) is 55.1 Å². The molecule has 2 heterocycles. The summed E-state index contributed by atoms with van der Waals surface area (Å²) >= 11 is 1.60. The lowest BCUT2D eigenvalue weighted by molar-refractivity contribution is 0.0595. The molecule has 4 rings (SSSR count). The molecule has 0 saturated carbocycles. The van der Waals surface area contributed by atoms with E-state index in [2.05, 4.69) is 63.0 Å². The number of piperidine rings is 1. The summed E-state index contributed by atoms with van der Waals surface area (Å²) in [5.74, 6) is 0.111. The molecule has 0 radical (unpaired) electrons. The molecular weight excluding hydrogens is 380 g/mol. The average Bonchev–Trinajstić information content (AvgIpc) is 3.11. The molecule has 5 heteroatoms. The van der Waals surface area contributed by atoms with Gasteiger partial charge in [0.05, 0.1) is 10.2 Å². The molecule has 0 atom stereocenters. The fourth-order valence-corrected chi connectivity index (χ4v) is 4.69. The summed E-state index contributed by atoms with van der Waals surface area (Å²) in [5.41, 5.74) is 4.30. The maximum atomic E-state index is 12.9. The molecule has 1 amide bonds. The van der Waals surface area contributed by atoms with E-state index in [4.69, 9.17) is 4.74 Å². The third-order valence-electron chi connectivity index (χ3n) is 5.60. The van der Waals surface area contributed by atoms with Crippen LogP contribution in [0.3, 0.4) is 0 Å². The van der Waals surface area contributed by atoms with Crippen LogP contribution in [0.15, 0.2) is 42.5 Å². The number of amides is 1. The number of ether oxygens (including phenoxy) is 1. The zero-order valence-electron chi connectivity index (χ0n) is 17.6. The van der Waals surface area contributed by atoms with Crippen LogP contribution in [0.5, 0.6) is 5.19 Å². The van der Waals surface area contributed by atoms with Crippen molar-refractivity contribution < 1.29 is 9.53 Å². The van der Waals surface area contributed by atoms with Crippen molar-refractivity contribution in [3.8, 4) is 5.19 Å². The number of para-hydroxylation sites is 1. The van der Waals surface area contributed by atoms with Gasteiger partial charge in [-0.2, -0.15) is 0 Å². The number of carbonyl (C=O) groups is 1. The molecule has 0 N–H and O–H groups in total. The van der Waals surface area contributed by atoms with Gasteiger partial charge in [-0.05, 0) is 41.7 Å². The number of rotatable bonds is 3. The maximum Gasteiger partial charge on any atom is 0.274 e. The Morgan fingerprint density at radius 1 is 1.10 bits per heavy atom. The Labute approximate surface area is 176 Å². The lowest BCUT2D eigenvalue weighted by Gasteiger charge is -2.31. The number of aromatic nitrogens is 1. The summed E-state index contributed by atoms with van der Waals surface area (Å²) in [6.07, 6.45) is 1.78. The highest BCUT2D eigenvalue weighted by molar-refractivity contribution is 7.20. The minimum Gasteiger partial charge on any atom is -0.467 e. The molecule has 1 aliphatic heterocycles. The van der Waals surface area contributed by atoms with Crippen LogP contribution in [0.2, 0.25) is 0 Å². The van der Waals surface area contributed by atoms with Gasteiger partial charge in [0.2, 0.25) is 0 Å². The number of hydrogen-bond acceptors (Lipinski definition) is 4. The first-order valence-corrected chi connectivity index (χ1v) is 11.1. The minimum absolute atomic E-state index is 0.0937. The first kappa shape index (κ1) is 19.9. The van der Waals surface area contributed by atoms with Crippen molar-refractivity contribution in [3.05, 3.63) is 59.2 Å². The Bertz CT molecular complexity index is 1010. The minimum atomic E-state index is 0.0937. The second-order valence-corrected chi connectivity index (χ2v) is 9.83. The van der Waals surface area contributed by atoms with Crippen molar-refractivity contribution >= 4 is 27.5 Å². The third kappa shape index (κ3) is 4.30. The van der Waals surface area contributed by atoms with E-state index < -0.39 is 0 Å². The first-order chi connectivity index (χ1) is 13.8. The fourth-order valence-electron chi connectivity index (χ4n) is 3.73. The van der Waals surface area contributed by atoms with E-state index in [1.54, 1.807) is 11.3 Å². The number of benzene rings is 2. The van der Waals surface area contributed by atoms with Gasteiger partial charge in [-0.3, -0.25) is 4.79 Å². The molecular formula is C24H28N2O2S. The van der Waals surface area contributed by atoms with E-state index in [1.165, 1.54) is 11.1 Å². The Hall–Kier alpha value is -2.40. The van der Waals surface area contributed by atoms with Gasteiger partial charge in [0.1, 0.15) is 6.10 Å². The van der Waals surface area contributed by atoms with Gasteiger partial charge in [0.15, 0.2) is 0 Å². The van der Waals surface area contributed by atoms with Gasteiger partial charge < -0.3 is 9.64 Å². The Balaban J connectivity index is 1.36. The number of likely N-dealkylation sites (tertiary alicyclic amines) is 1. The van der Waals surface area contributed by atoms with Crippen molar-refractivity contribution in [2.24, 2.45) is 0 Å². The second-order valence-electron chi connectivity index (χ2n) is 8.84. The van der Waals surface area contributed by atoms with Crippen LogP contribution in [-0.2, 0) is 5.41 Å². The molecule has 1 saturated heterocycles. The van der Waals surface area contributed by atoms with Crippen LogP contribution >= 0.6 is 11.3 Å². The van der Waals surface area contributed by atoms with E-state index in [9.17, 15) is 4.79 Å². The molecule has 4 nitrogen and oxygen atoms in total. The lowest BCUT2D eigenvalue weighted by atomic mass is 9.86. The molecule has 1 aliphatic rings. The highest BCUT2D eigenvalue weighted by Crippen LogP contribution is 2.31. The van der Waals surface area contributed by atoms with E-state index in [1.807, 2.05) is 17.0 Å². The predicted octanol–water partition coefficient (Wildman–Crippen LogP) is 5.59. The number of nitrogens with zero attached hydrogens (tertiary/aromatic N) is 2. The number of carbonyl (C=O) groups excluding carboxylic acids is 1. The third-order valence-corrected chi connectivity index (χ3v) is 6.51. The SMILES string of the molecule is Cc1cccc2sc(OC3CCN(C(=O)c4ccc(C(C)(C)C)cc4)CC3)nc12. The number of fused-ring (bicyclic) bond motifs is 1.